The Balaban J connectivity index is 2.02. The molecular formula is C16H19F3N2O3. The number of benzene rings is 1. The SMILES string of the molecule is CC(C)(C)OC(=O)NN1CC[C@@H](c2cc(F)c(F)cc2F)CC1=O. The zero-order chi connectivity index (χ0) is 18.1. The highest BCUT2D eigenvalue weighted by Gasteiger charge is 2.31. The molecule has 0 aromatic heterocycles. The Bertz CT molecular complexity index is 659. The molecule has 1 aromatic rings. The summed E-state index contributed by atoms with van der Waals surface area (Å²) in [6, 6.07) is 1.25. The van der Waals surface area contributed by atoms with Gasteiger partial charge in [0.2, 0.25) is 5.91 Å². The van der Waals surface area contributed by atoms with Crippen LogP contribution in [0, 0.1) is 17.5 Å². The maximum Gasteiger partial charge on any atom is 0.426 e. The highest BCUT2D eigenvalue weighted by atomic mass is 19.2. The third-order valence-electron chi connectivity index (χ3n) is 3.53. The summed E-state index contributed by atoms with van der Waals surface area (Å²) in [6.07, 6.45) is -0.602. The van der Waals surface area contributed by atoms with Crippen LogP contribution in [0.3, 0.4) is 0 Å². The van der Waals surface area contributed by atoms with E-state index in [9.17, 15) is 22.8 Å². The van der Waals surface area contributed by atoms with Gasteiger partial charge in [0, 0.05) is 19.0 Å². The zero-order valence-corrected chi connectivity index (χ0v) is 13.7. The lowest BCUT2D eigenvalue weighted by atomic mass is 9.89. The quantitative estimate of drug-likeness (QED) is 0.838. The van der Waals surface area contributed by atoms with Crippen molar-refractivity contribution in [3.63, 3.8) is 0 Å². The van der Waals surface area contributed by atoms with E-state index in [0.29, 0.717) is 12.5 Å². The second kappa shape index (κ2) is 6.70. The molecule has 24 heavy (non-hydrogen) atoms. The predicted molar refractivity (Wildman–Crippen MR) is 79.4 cm³/mol. The van der Waals surface area contributed by atoms with Crippen LogP contribution < -0.4 is 5.43 Å². The lowest BCUT2D eigenvalue weighted by Crippen LogP contribution is -2.51. The Morgan fingerprint density at radius 1 is 1.21 bits per heavy atom. The normalized spacial score (nSPS) is 18.5. The van der Waals surface area contributed by atoms with E-state index >= 15 is 0 Å². The first-order valence-electron chi connectivity index (χ1n) is 7.51. The van der Waals surface area contributed by atoms with Crippen LogP contribution in [0.15, 0.2) is 12.1 Å². The van der Waals surface area contributed by atoms with Crippen molar-refractivity contribution in [3.8, 4) is 0 Å². The fraction of sp³-hybridized carbons (Fsp3) is 0.500. The smallest absolute Gasteiger partial charge is 0.426 e. The first-order valence-corrected chi connectivity index (χ1v) is 7.51. The average Bonchev–Trinajstić information content (AvgIpc) is 2.43. The average molecular weight is 344 g/mol. The van der Waals surface area contributed by atoms with E-state index in [2.05, 4.69) is 5.43 Å². The van der Waals surface area contributed by atoms with Gasteiger partial charge < -0.3 is 4.74 Å². The van der Waals surface area contributed by atoms with Gasteiger partial charge in [0.05, 0.1) is 0 Å². The maximum atomic E-state index is 13.8. The van der Waals surface area contributed by atoms with Crippen LogP contribution in [0.25, 0.3) is 0 Å². The van der Waals surface area contributed by atoms with Crippen LogP contribution in [-0.2, 0) is 9.53 Å². The Kier molecular flexibility index (Phi) is 5.05. The number of halogens is 3. The second-order valence-corrected chi connectivity index (χ2v) is 6.64. The third kappa shape index (κ3) is 4.39. The van der Waals surface area contributed by atoms with E-state index in [1.165, 1.54) is 0 Å². The van der Waals surface area contributed by atoms with Crippen LogP contribution in [-0.4, -0.2) is 29.2 Å². The molecule has 1 fully saturated rings. The number of ether oxygens (including phenoxy) is 1. The minimum Gasteiger partial charge on any atom is -0.443 e. The van der Waals surface area contributed by atoms with Gasteiger partial charge in [-0.2, -0.15) is 0 Å². The summed E-state index contributed by atoms with van der Waals surface area (Å²) < 4.78 is 45.2. The summed E-state index contributed by atoms with van der Waals surface area (Å²) in [5, 5.41) is 1.09. The monoisotopic (exact) mass is 344 g/mol. The lowest BCUT2D eigenvalue weighted by Gasteiger charge is -2.32. The van der Waals surface area contributed by atoms with Gasteiger partial charge in [-0.25, -0.2) is 23.4 Å². The summed E-state index contributed by atoms with van der Waals surface area (Å²) in [6.45, 7) is 5.17. The van der Waals surface area contributed by atoms with Gasteiger partial charge in [-0.05, 0) is 44.7 Å². The Labute approximate surface area is 137 Å². The van der Waals surface area contributed by atoms with Crippen molar-refractivity contribution in [1.82, 2.24) is 10.4 Å². The van der Waals surface area contributed by atoms with Crippen molar-refractivity contribution >= 4 is 12.0 Å². The molecule has 2 amide bonds. The molecule has 1 atom stereocenters. The molecule has 0 unspecified atom stereocenters. The molecule has 0 bridgehead atoms. The molecule has 0 radical (unpaired) electrons. The maximum absolute atomic E-state index is 13.8. The van der Waals surface area contributed by atoms with Crippen molar-refractivity contribution < 1.29 is 27.5 Å². The molecule has 8 heteroatoms. The zero-order valence-electron chi connectivity index (χ0n) is 13.7. The Hall–Kier alpha value is -2.25. The van der Waals surface area contributed by atoms with E-state index in [1.807, 2.05) is 0 Å². The summed E-state index contributed by atoms with van der Waals surface area (Å²) in [5.74, 6) is -4.36. The number of rotatable bonds is 2. The molecule has 1 heterocycles. The predicted octanol–water partition coefficient (Wildman–Crippen LogP) is 3.25. The van der Waals surface area contributed by atoms with E-state index in [4.69, 9.17) is 4.74 Å². The third-order valence-corrected chi connectivity index (χ3v) is 3.53. The summed E-state index contributed by atoms with van der Waals surface area (Å²) in [7, 11) is 0. The van der Waals surface area contributed by atoms with E-state index in [1.54, 1.807) is 20.8 Å². The first kappa shape index (κ1) is 18.1. The number of nitrogens with one attached hydrogen (secondary N) is 1. The highest BCUT2D eigenvalue weighted by molar-refractivity contribution is 5.80. The molecule has 0 spiro atoms. The standard InChI is InChI=1S/C16H19F3N2O3/c1-16(2,3)24-15(23)20-21-5-4-9(6-14(21)22)10-7-12(18)13(19)8-11(10)17/h7-9H,4-6H2,1-3H3,(H,20,23)/t9-/m1/s1. The number of carbonyl (C=O) groups excluding carboxylic acids is 2. The van der Waals surface area contributed by atoms with Crippen molar-refractivity contribution in [2.45, 2.75) is 45.1 Å². The van der Waals surface area contributed by atoms with Gasteiger partial charge in [0.15, 0.2) is 11.6 Å². The van der Waals surface area contributed by atoms with Crippen LogP contribution in [0.2, 0.25) is 0 Å². The summed E-state index contributed by atoms with van der Waals surface area (Å²) in [4.78, 5) is 23.8. The van der Waals surface area contributed by atoms with Gasteiger partial charge in [0.25, 0.3) is 0 Å². The number of nitrogens with zero attached hydrogens (tertiary/aromatic N) is 1. The highest BCUT2D eigenvalue weighted by Crippen LogP contribution is 2.31. The fourth-order valence-electron chi connectivity index (χ4n) is 2.48. The number of carbonyl (C=O) groups is 2. The van der Waals surface area contributed by atoms with Crippen molar-refractivity contribution in [2.75, 3.05) is 6.54 Å². The molecular weight excluding hydrogens is 325 g/mol. The number of hydrogen-bond acceptors (Lipinski definition) is 3. The molecule has 132 valence electrons. The number of amides is 2. The van der Waals surface area contributed by atoms with Crippen LogP contribution in [0.1, 0.15) is 45.1 Å². The largest absolute Gasteiger partial charge is 0.443 e. The number of hydrogen-bond donors (Lipinski definition) is 1. The van der Waals surface area contributed by atoms with E-state index in [-0.39, 0.29) is 18.5 Å². The molecule has 0 saturated carbocycles. The molecule has 1 aliphatic heterocycles. The minimum atomic E-state index is -1.27. The lowest BCUT2D eigenvalue weighted by molar-refractivity contribution is -0.137. The van der Waals surface area contributed by atoms with Crippen LogP contribution in [0.4, 0.5) is 18.0 Å². The van der Waals surface area contributed by atoms with Crippen LogP contribution >= 0.6 is 0 Å². The number of piperidine rings is 1. The summed E-state index contributed by atoms with van der Waals surface area (Å²) in [5.41, 5.74) is 1.58. The van der Waals surface area contributed by atoms with Gasteiger partial charge in [-0.15, -0.1) is 0 Å². The van der Waals surface area contributed by atoms with Gasteiger partial charge >= 0.3 is 6.09 Å². The molecule has 1 saturated heterocycles. The molecule has 5 nitrogen and oxygen atoms in total. The van der Waals surface area contributed by atoms with Crippen molar-refractivity contribution in [3.05, 3.63) is 35.1 Å². The Morgan fingerprint density at radius 3 is 2.42 bits per heavy atom. The number of hydrazine groups is 1. The van der Waals surface area contributed by atoms with Crippen molar-refractivity contribution in [1.29, 1.82) is 0 Å². The van der Waals surface area contributed by atoms with Gasteiger partial charge in [-0.3, -0.25) is 9.80 Å². The molecule has 1 aromatic carbocycles. The summed E-state index contributed by atoms with van der Waals surface area (Å²) >= 11 is 0. The molecule has 1 N–H and O–H groups in total. The van der Waals surface area contributed by atoms with Crippen LogP contribution in [0.5, 0.6) is 0 Å². The van der Waals surface area contributed by atoms with E-state index in [0.717, 1.165) is 11.1 Å². The minimum absolute atomic E-state index is 0.0424. The second-order valence-electron chi connectivity index (χ2n) is 6.64. The Morgan fingerprint density at radius 2 is 1.83 bits per heavy atom. The van der Waals surface area contributed by atoms with E-state index < -0.39 is 41.0 Å². The molecule has 1 aliphatic rings. The van der Waals surface area contributed by atoms with Gasteiger partial charge in [0.1, 0.15) is 11.4 Å². The molecule has 0 aliphatic carbocycles. The molecule has 2 rings (SSSR count). The fourth-order valence-corrected chi connectivity index (χ4v) is 2.48. The van der Waals surface area contributed by atoms with Gasteiger partial charge in [-0.1, -0.05) is 0 Å². The van der Waals surface area contributed by atoms with Crippen molar-refractivity contribution in [2.24, 2.45) is 0 Å². The first-order chi connectivity index (χ1) is 11.1. The topological polar surface area (TPSA) is 58.6 Å².